The number of nitrogens with zero attached hydrogens (tertiary/aromatic N) is 1. The summed E-state index contributed by atoms with van der Waals surface area (Å²) in [5, 5.41) is 0.983. The van der Waals surface area contributed by atoms with Crippen LogP contribution in [0.25, 0.3) is 0 Å². The largest absolute Gasteiger partial charge is 0.469 e. The Kier molecular flexibility index (Phi) is 4.10. The predicted octanol–water partition coefficient (Wildman–Crippen LogP) is -0.331. The van der Waals surface area contributed by atoms with E-state index in [9.17, 15) is 14.4 Å². The summed E-state index contributed by atoms with van der Waals surface area (Å²) in [5.74, 6) is -1.55. The smallest absolute Gasteiger partial charge is 0.428 e. The number of hydrazine groups is 1. The van der Waals surface area contributed by atoms with Gasteiger partial charge in [-0.1, -0.05) is 0 Å². The van der Waals surface area contributed by atoms with Crippen molar-refractivity contribution in [1.29, 1.82) is 0 Å². The molecule has 0 aromatic carbocycles. The lowest BCUT2D eigenvalue weighted by atomic mass is 10.0. The number of methoxy groups -OCH3 is 1. The molecular weight excluding hydrogens is 216 g/mol. The average molecular weight is 230 g/mol. The summed E-state index contributed by atoms with van der Waals surface area (Å²) in [7, 11) is 1.24. The quantitative estimate of drug-likeness (QED) is 0.656. The Morgan fingerprint density at radius 3 is 2.81 bits per heavy atom. The van der Waals surface area contributed by atoms with E-state index >= 15 is 0 Å². The number of esters is 1. The molecule has 0 aromatic rings. The van der Waals surface area contributed by atoms with Gasteiger partial charge in [-0.15, -0.1) is 0 Å². The Balaban J connectivity index is 2.64. The monoisotopic (exact) mass is 230 g/mol. The zero-order valence-electron chi connectivity index (χ0n) is 9.19. The van der Waals surface area contributed by atoms with Gasteiger partial charge in [0, 0.05) is 6.42 Å². The molecule has 1 heterocycles. The van der Waals surface area contributed by atoms with Crippen LogP contribution in [0.1, 0.15) is 13.3 Å². The van der Waals surface area contributed by atoms with Crippen molar-refractivity contribution in [3.05, 3.63) is 0 Å². The Hall–Kier alpha value is -1.79. The second kappa shape index (κ2) is 5.34. The van der Waals surface area contributed by atoms with Crippen LogP contribution in [-0.2, 0) is 19.1 Å². The minimum Gasteiger partial charge on any atom is -0.469 e. The molecule has 1 aliphatic rings. The zero-order valence-corrected chi connectivity index (χ0v) is 9.19. The molecule has 16 heavy (non-hydrogen) atoms. The summed E-state index contributed by atoms with van der Waals surface area (Å²) in [6.07, 6.45) is -0.660. The minimum absolute atomic E-state index is 0.0164. The summed E-state index contributed by atoms with van der Waals surface area (Å²) >= 11 is 0. The molecule has 1 aliphatic heterocycles. The standard InChI is InChI=1S/C9H14N2O5/c1-3-16-9(14)11-5-6(8(13)15-2)4-7(12)10-11/h6H,3-5H2,1-2H3,(H,10,12). The van der Waals surface area contributed by atoms with E-state index in [1.54, 1.807) is 6.92 Å². The number of amides is 2. The van der Waals surface area contributed by atoms with Gasteiger partial charge in [0.25, 0.3) is 0 Å². The van der Waals surface area contributed by atoms with Crippen LogP contribution in [0, 0.1) is 5.92 Å². The molecule has 1 unspecified atom stereocenters. The number of carbonyl (C=O) groups is 3. The summed E-state index contributed by atoms with van der Waals surface area (Å²) in [6.45, 7) is 1.92. The highest BCUT2D eigenvalue weighted by molar-refractivity contribution is 5.86. The lowest BCUT2D eigenvalue weighted by Crippen LogP contribution is -2.54. The molecule has 2 amide bonds. The molecule has 7 heteroatoms. The molecule has 0 spiro atoms. The lowest BCUT2D eigenvalue weighted by molar-refractivity contribution is -0.151. The maximum Gasteiger partial charge on any atom is 0.428 e. The van der Waals surface area contributed by atoms with E-state index in [0.29, 0.717) is 0 Å². The first kappa shape index (κ1) is 12.3. The third kappa shape index (κ3) is 2.85. The van der Waals surface area contributed by atoms with Gasteiger partial charge in [-0.3, -0.25) is 15.0 Å². The molecule has 1 saturated heterocycles. The Bertz CT molecular complexity index is 304. The van der Waals surface area contributed by atoms with E-state index in [1.807, 2.05) is 0 Å². The first-order chi connectivity index (χ1) is 7.58. The second-order valence-electron chi connectivity index (χ2n) is 3.27. The van der Waals surface area contributed by atoms with Crippen LogP contribution in [0.15, 0.2) is 0 Å². The van der Waals surface area contributed by atoms with E-state index in [-0.39, 0.29) is 19.6 Å². The van der Waals surface area contributed by atoms with E-state index in [4.69, 9.17) is 4.74 Å². The van der Waals surface area contributed by atoms with Gasteiger partial charge in [0.1, 0.15) is 0 Å². The van der Waals surface area contributed by atoms with Gasteiger partial charge in [0.2, 0.25) is 5.91 Å². The van der Waals surface area contributed by atoms with E-state index in [1.165, 1.54) is 7.11 Å². The molecule has 1 fully saturated rings. The fourth-order valence-electron chi connectivity index (χ4n) is 1.40. The Morgan fingerprint density at radius 1 is 1.56 bits per heavy atom. The lowest BCUT2D eigenvalue weighted by Gasteiger charge is -2.30. The predicted molar refractivity (Wildman–Crippen MR) is 52.0 cm³/mol. The van der Waals surface area contributed by atoms with Crippen molar-refractivity contribution in [1.82, 2.24) is 10.4 Å². The van der Waals surface area contributed by atoms with Crippen LogP contribution in [0.2, 0.25) is 0 Å². The van der Waals surface area contributed by atoms with Crippen molar-refractivity contribution < 1.29 is 23.9 Å². The fourth-order valence-corrected chi connectivity index (χ4v) is 1.40. The Labute approximate surface area is 92.6 Å². The normalized spacial score (nSPS) is 20.0. The molecule has 0 bridgehead atoms. The Morgan fingerprint density at radius 2 is 2.25 bits per heavy atom. The van der Waals surface area contributed by atoms with E-state index in [2.05, 4.69) is 10.2 Å². The fraction of sp³-hybridized carbons (Fsp3) is 0.667. The highest BCUT2D eigenvalue weighted by atomic mass is 16.6. The molecule has 1 rings (SSSR count). The van der Waals surface area contributed by atoms with Crippen LogP contribution in [0.4, 0.5) is 4.79 Å². The zero-order chi connectivity index (χ0) is 12.1. The van der Waals surface area contributed by atoms with Crippen molar-refractivity contribution in [2.75, 3.05) is 20.3 Å². The molecule has 7 nitrogen and oxygen atoms in total. The molecular formula is C9H14N2O5. The van der Waals surface area contributed by atoms with Crippen LogP contribution in [0.5, 0.6) is 0 Å². The summed E-state index contributed by atoms with van der Waals surface area (Å²) in [6, 6.07) is 0. The SMILES string of the molecule is CCOC(=O)N1CC(C(=O)OC)CC(=O)N1. The maximum atomic E-state index is 11.3. The van der Waals surface area contributed by atoms with Crippen molar-refractivity contribution >= 4 is 18.0 Å². The number of carbonyl (C=O) groups excluding carboxylic acids is 3. The van der Waals surface area contributed by atoms with Gasteiger partial charge in [-0.25, -0.2) is 9.80 Å². The van der Waals surface area contributed by atoms with Gasteiger partial charge >= 0.3 is 12.1 Å². The number of ether oxygens (including phenoxy) is 2. The summed E-state index contributed by atoms with van der Waals surface area (Å²) in [5.41, 5.74) is 2.32. The number of nitrogens with one attached hydrogen (secondary N) is 1. The van der Waals surface area contributed by atoms with Gasteiger partial charge < -0.3 is 9.47 Å². The van der Waals surface area contributed by atoms with Gasteiger partial charge in [0.05, 0.1) is 26.2 Å². The molecule has 1 N–H and O–H groups in total. The van der Waals surface area contributed by atoms with E-state index in [0.717, 1.165) is 5.01 Å². The van der Waals surface area contributed by atoms with Crippen molar-refractivity contribution in [2.45, 2.75) is 13.3 Å². The number of hydrogen-bond donors (Lipinski definition) is 1. The summed E-state index contributed by atoms with van der Waals surface area (Å²) in [4.78, 5) is 33.8. The first-order valence-corrected chi connectivity index (χ1v) is 4.90. The average Bonchev–Trinajstić information content (AvgIpc) is 2.27. The van der Waals surface area contributed by atoms with Crippen molar-refractivity contribution in [2.24, 2.45) is 5.92 Å². The summed E-state index contributed by atoms with van der Waals surface area (Å²) < 4.78 is 9.24. The van der Waals surface area contributed by atoms with Crippen LogP contribution >= 0.6 is 0 Å². The molecule has 0 aromatic heterocycles. The van der Waals surface area contributed by atoms with Gasteiger partial charge in [0.15, 0.2) is 0 Å². The van der Waals surface area contributed by atoms with Crippen molar-refractivity contribution in [3.8, 4) is 0 Å². The number of rotatable bonds is 2. The molecule has 0 saturated carbocycles. The molecule has 0 aliphatic carbocycles. The maximum absolute atomic E-state index is 11.3. The highest BCUT2D eigenvalue weighted by Crippen LogP contribution is 2.13. The minimum atomic E-state index is -0.676. The molecule has 1 atom stereocenters. The second-order valence-corrected chi connectivity index (χ2v) is 3.27. The highest BCUT2D eigenvalue weighted by Gasteiger charge is 2.33. The van der Waals surface area contributed by atoms with Crippen LogP contribution in [-0.4, -0.2) is 43.2 Å². The third-order valence-electron chi connectivity index (χ3n) is 2.12. The molecule has 90 valence electrons. The van der Waals surface area contributed by atoms with Gasteiger partial charge in [-0.05, 0) is 6.92 Å². The first-order valence-electron chi connectivity index (χ1n) is 4.90. The topological polar surface area (TPSA) is 84.9 Å². The van der Waals surface area contributed by atoms with E-state index < -0.39 is 23.9 Å². The van der Waals surface area contributed by atoms with Crippen LogP contribution in [0.3, 0.4) is 0 Å². The van der Waals surface area contributed by atoms with Crippen LogP contribution < -0.4 is 5.43 Å². The number of hydrogen-bond acceptors (Lipinski definition) is 5. The van der Waals surface area contributed by atoms with Crippen molar-refractivity contribution in [3.63, 3.8) is 0 Å². The van der Waals surface area contributed by atoms with Gasteiger partial charge in [-0.2, -0.15) is 0 Å². The molecule has 0 radical (unpaired) electrons. The third-order valence-corrected chi connectivity index (χ3v) is 2.12.